The lowest BCUT2D eigenvalue weighted by molar-refractivity contribution is 0.629. The zero-order valence-electron chi connectivity index (χ0n) is 9.11. The Bertz CT molecular complexity index is 539. The van der Waals surface area contributed by atoms with Gasteiger partial charge in [0.25, 0.3) is 0 Å². The Hall–Kier alpha value is -1.82. The van der Waals surface area contributed by atoms with Crippen LogP contribution in [0.5, 0.6) is 0 Å². The average Bonchev–Trinajstić information content (AvgIpc) is 2.68. The largest absolute Gasteiger partial charge is 0.397 e. The molecule has 0 amide bonds. The minimum absolute atomic E-state index is 0.0275. The molecule has 1 aromatic heterocycles. The van der Waals surface area contributed by atoms with Gasteiger partial charge in [0.1, 0.15) is 12.1 Å². The quantitative estimate of drug-likeness (QED) is 0.821. The third-order valence-electron chi connectivity index (χ3n) is 2.33. The van der Waals surface area contributed by atoms with E-state index in [0.29, 0.717) is 17.9 Å². The van der Waals surface area contributed by atoms with Crippen LogP contribution >= 0.6 is 11.6 Å². The van der Waals surface area contributed by atoms with Crippen LogP contribution in [0.3, 0.4) is 0 Å². The van der Waals surface area contributed by atoms with Gasteiger partial charge in [0, 0.05) is 13.1 Å². The second kappa shape index (κ2) is 4.58. The van der Waals surface area contributed by atoms with Crippen LogP contribution in [0, 0.1) is 5.82 Å². The maximum atomic E-state index is 13.1. The molecule has 0 fully saturated rings. The van der Waals surface area contributed by atoms with E-state index < -0.39 is 5.82 Å². The molecule has 5 nitrogen and oxygen atoms in total. The lowest BCUT2D eigenvalue weighted by atomic mass is 10.2. The summed E-state index contributed by atoms with van der Waals surface area (Å²) in [6.07, 6.45) is 1.60. The maximum absolute atomic E-state index is 13.1. The molecule has 7 heteroatoms. The highest BCUT2D eigenvalue weighted by molar-refractivity contribution is 6.31. The molecule has 0 bridgehead atoms. The third kappa shape index (κ3) is 2.47. The van der Waals surface area contributed by atoms with E-state index in [4.69, 9.17) is 17.3 Å². The minimum atomic E-state index is -0.534. The van der Waals surface area contributed by atoms with Gasteiger partial charge in [0.15, 0.2) is 5.82 Å². The molecular formula is C10H11ClFN5. The molecular weight excluding hydrogens is 245 g/mol. The number of aryl methyl sites for hydroxylation is 1. The monoisotopic (exact) mass is 255 g/mol. The first kappa shape index (κ1) is 11.7. The van der Waals surface area contributed by atoms with Crippen LogP contribution in [0.15, 0.2) is 18.5 Å². The maximum Gasteiger partial charge on any atom is 0.151 e. The molecule has 2 rings (SSSR count). The van der Waals surface area contributed by atoms with Crippen molar-refractivity contribution in [2.24, 2.45) is 7.05 Å². The van der Waals surface area contributed by atoms with Gasteiger partial charge < -0.3 is 15.6 Å². The molecule has 90 valence electrons. The molecule has 0 saturated heterocycles. The number of nitrogens with two attached hydrogens (primary N) is 1. The lowest BCUT2D eigenvalue weighted by Crippen LogP contribution is -2.07. The average molecular weight is 256 g/mol. The number of nitrogens with zero attached hydrogens (tertiary/aromatic N) is 3. The van der Waals surface area contributed by atoms with Gasteiger partial charge in [0.05, 0.1) is 22.9 Å². The predicted molar refractivity (Wildman–Crippen MR) is 64.2 cm³/mol. The Morgan fingerprint density at radius 1 is 1.53 bits per heavy atom. The molecule has 0 aliphatic carbocycles. The number of nitrogens with one attached hydrogen (secondary N) is 1. The third-order valence-corrected chi connectivity index (χ3v) is 2.62. The van der Waals surface area contributed by atoms with Crippen molar-refractivity contribution in [3.8, 4) is 0 Å². The highest BCUT2D eigenvalue weighted by atomic mass is 35.5. The van der Waals surface area contributed by atoms with E-state index in [1.54, 1.807) is 10.9 Å². The second-order valence-electron chi connectivity index (χ2n) is 3.57. The number of hydrogen-bond donors (Lipinski definition) is 2. The van der Waals surface area contributed by atoms with Crippen LogP contribution in [0.1, 0.15) is 5.82 Å². The van der Waals surface area contributed by atoms with Crippen molar-refractivity contribution < 1.29 is 4.39 Å². The molecule has 17 heavy (non-hydrogen) atoms. The summed E-state index contributed by atoms with van der Waals surface area (Å²) in [4.78, 5) is 0. The van der Waals surface area contributed by atoms with Gasteiger partial charge >= 0.3 is 0 Å². The number of nitrogen functional groups attached to an aromatic ring is 1. The normalized spacial score (nSPS) is 10.5. The molecule has 0 atom stereocenters. The van der Waals surface area contributed by atoms with Crippen molar-refractivity contribution in [1.82, 2.24) is 14.8 Å². The van der Waals surface area contributed by atoms with Gasteiger partial charge in [-0.3, -0.25) is 0 Å². The second-order valence-corrected chi connectivity index (χ2v) is 3.97. The van der Waals surface area contributed by atoms with Crippen molar-refractivity contribution in [1.29, 1.82) is 0 Å². The molecule has 1 heterocycles. The number of anilines is 2. The van der Waals surface area contributed by atoms with Crippen LogP contribution in [0.25, 0.3) is 0 Å². The van der Waals surface area contributed by atoms with Gasteiger partial charge in [0.2, 0.25) is 0 Å². The number of rotatable bonds is 3. The summed E-state index contributed by atoms with van der Waals surface area (Å²) in [6.45, 7) is 0.433. The fourth-order valence-electron chi connectivity index (χ4n) is 1.36. The molecule has 0 aliphatic rings. The number of aromatic nitrogens is 3. The van der Waals surface area contributed by atoms with Crippen LogP contribution in [0.4, 0.5) is 15.8 Å². The SMILES string of the molecule is Cn1cnnc1CNc1cc(Cl)c(F)cc1N. The number of benzene rings is 1. The first-order chi connectivity index (χ1) is 8.08. The van der Waals surface area contributed by atoms with Crippen molar-refractivity contribution in [3.05, 3.63) is 35.1 Å². The standard InChI is InChI=1S/C10H11ClFN5/c1-17-5-15-16-10(17)4-14-9-2-6(11)7(12)3-8(9)13/h2-3,5,14H,4,13H2,1H3. The summed E-state index contributed by atoms with van der Waals surface area (Å²) < 4.78 is 14.8. The van der Waals surface area contributed by atoms with E-state index in [1.165, 1.54) is 12.1 Å². The first-order valence-corrected chi connectivity index (χ1v) is 5.27. The van der Waals surface area contributed by atoms with Crippen molar-refractivity contribution >= 4 is 23.0 Å². The van der Waals surface area contributed by atoms with E-state index in [1.807, 2.05) is 7.05 Å². The molecule has 1 aromatic carbocycles. The summed E-state index contributed by atoms with van der Waals surface area (Å²) in [5, 5.41) is 10.7. The minimum Gasteiger partial charge on any atom is -0.397 e. The van der Waals surface area contributed by atoms with Crippen LogP contribution in [-0.4, -0.2) is 14.8 Å². The van der Waals surface area contributed by atoms with Crippen molar-refractivity contribution in [2.45, 2.75) is 6.54 Å². The first-order valence-electron chi connectivity index (χ1n) is 4.89. The Balaban J connectivity index is 2.14. The van der Waals surface area contributed by atoms with E-state index >= 15 is 0 Å². The number of hydrogen-bond acceptors (Lipinski definition) is 4. The Labute approximate surface area is 102 Å². The Morgan fingerprint density at radius 3 is 2.94 bits per heavy atom. The number of halogens is 2. The highest BCUT2D eigenvalue weighted by Gasteiger charge is 2.07. The lowest BCUT2D eigenvalue weighted by Gasteiger charge is -2.09. The Morgan fingerprint density at radius 2 is 2.29 bits per heavy atom. The van der Waals surface area contributed by atoms with E-state index in [0.717, 1.165) is 5.82 Å². The van der Waals surface area contributed by atoms with Crippen molar-refractivity contribution in [2.75, 3.05) is 11.1 Å². The summed E-state index contributed by atoms with van der Waals surface area (Å²) in [5.41, 5.74) is 6.53. The molecule has 0 unspecified atom stereocenters. The summed E-state index contributed by atoms with van der Waals surface area (Å²) in [6, 6.07) is 2.63. The van der Waals surface area contributed by atoms with Crippen LogP contribution < -0.4 is 11.1 Å². The van der Waals surface area contributed by atoms with Gasteiger partial charge in [-0.25, -0.2) is 4.39 Å². The molecule has 0 aliphatic heterocycles. The van der Waals surface area contributed by atoms with Crippen LogP contribution in [0.2, 0.25) is 5.02 Å². The summed E-state index contributed by atoms with van der Waals surface area (Å²) >= 11 is 5.67. The Kier molecular flexibility index (Phi) is 3.14. The zero-order chi connectivity index (χ0) is 12.4. The van der Waals surface area contributed by atoms with E-state index in [9.17, 15) is 4.39 Å². The van der Waals surface area contributed by atoms with E-state index in [-0.39, 0.29) is 5.02 Å². The molecule has 0 saturated carbocycles. The van der Waals surface area contributed by atoms with E-state index in [2.05, 4.69) is 15.5 Å². The highest BCUT2D eigenvalue weighted by Crippen LogP contribution is 2.26. The smallest absolute Gasteiger partial charge is 0.151 e. The van der Waals surface area contributed by atoms with Gasteiger partial charge in [-0.05, 0) is 6.07 Å². The molecule has 2 aromatic rings. The fourth-order valence-corrected chi connectivity index (χ4v) is 1.52. The zero-order valence-corrected chi connectivity index (χ0v) is 9.87. The molecule has 0 radical (unpaired) electrons. The topological polar surface area (TPSA) is 68.8 Å². The van der Waals surface area contributed by atoms with Gasteiger partial charge in [-0.2, -0.15) is 0 Å². The van der Waals surface area contributed by atoms with Crippen molar-refractivity contribution in [3.63, 3.8) is 0 Å². The van der Waals surface area contributed by atoms with Gasteiger partial charge in [-0.1, -0.05) is 11.6 Å². The molecule has 3 N–H and O–H groups in total. The summed E-state index contributed by atoms with van der Waals surface area (Å²) in [7, 11) is 1.83. The van der Waals surface area contributed by atoms with Gasteiger partial charge in [-0.15, -0.1) is 10.2 Å². The summed E-state index contributed by atoms with van der Waals surface area (Å²) in [5.74, 6) is 0.207. The fraction of sp³-hybridized carbons (Fsp3) is 0.200. The predicted octanol–water partition coefficient (Wildman–Crippen LogP) is 1.80. The molecule has 0 spiro atoms. The van der Waals surface area contributed by atoms with Crippen LogP contribution in [-0.2, 0) is 13.6 Å².